The molecular weight excluding hydrogens is 388 g/mol. The number of carbonyl (C=O) groups excluding carboxylic acids is 1. The summed E-state index contributed by atoms with van der Waals surface area (Å²) in [4.78, 5) is 26.0. The number of primary amides is 1. The van der Waals surface area contributed by atoms with Crippen LogP contribution in [0.3, 0.4) is 0 Å². The maximum atomic E-state index is 12.5. The lowest BCUT2D eigenvalue weighted by molar-refractivity contribution is -0.124. The van der Waals surface area contributed by atoms with Crippen molar-refractivity contribution in [2.24, 2.45) is 5.73 Å². The Morgan fingerprint density at radius 2 is 2.00 bits per heavy atom. The van der Waals surface area contributed by atoms with Crippen molar-refractivity contribution in [3.05, 3.63) is 66.3 Å². The van der Waals surface area contributed by atoms with Crippen molar-refractivity contribution < 1.29 is 4.79 Å². The maximum absolute atomic E-state index is 12.5. The van der Waals surface area contributed by atoms with Crippen LogP contribution >= 0.6 is 0 Å². The van der Waals surface area contributed by atoms with Gasteiger partial charge in [0.15, 0.2) is 5.82 Å². The van der Waals surface area contributed by atoms with Crippen LogP contribution in [0.1, 0.15) is 36.9 Å². The predicted octanol–water partition coefficient (Wildman–Crippen LogP) is 3.57. The Kier molecular flexibility index (Phi) is 4.66. The number of carbonyl (C=O) groups is 1. The van der Waals surface area contributed by atoms with Gasteiger partial charge in [-0.05, 0) is 37.0 Å². The van der Waals surface area contributed by atoms with E-state index in [1.54, 1.807) is 6.20 Å². The van der Waals surface area contributed by atoms with Crippen LogP contribution in [0.2, 0.25) is 0 Å². The van der Waals surface area contributed by atoms with E-state index in [0.717, 1.165) is 52.6 Å². The molecule has 31 heavy (non-hydrogen) atoms. The Labute approximate surface area is 179 Å². The quantitative estimate of drug-likeness (QED) is 0.470. The van der Waals surface area contributed by atoms with E-state index in [1.165, 1.54) is 0 Å². The number of nitrogens with zero attached hydrogens (tertiary/aromatic N) is 4. The van der Waals surface area contributed by atoms with Gasteiger partial charge in [0.2, 0.25) is 5.91 Å². The molecule has 1 amide bonds. The molecule has 0 saturated heterocycles. The summed E-state index contributed by atoms with van der Waals surface area (Å²) in [6.07, 6.45) is 10.6. The molecule has 0 saturated carbocycles. The smallest absolute Gasteiger partial charge is 0.230 e. The number of unbranched alkanes of at least 4 members (excludes halogenated alkanes) is 1. The number of nitrogen functional groups attached to an aromatic ring is 1. The standard InChI is InChI=1S/C24H24N6O/c25-22-19-20(17-9-1-2-10-18(17)29-22)30(15-28-19)14-4-3-11-24(23(26)31)12-5-7-16-8-6-13-27-21(16)24/h1-2,5-10,13,15H,3-4,11-12,14H2,(H2,25,29)(H2,26,31). The minimum Gasteiger partial charge on any atom is -0.382 e. The summed E-state index contributed by atoms with van der Waals surface area (Å²) in [6.45, 7) is 0.768. The number of imidazole rings is 1. The number of nitrogens with two attached hydrogens (primary N) is 2. The first-order chi connectivity index (χ1) is 15.1. The Morgan fingerprint density at radius 3 is 2.87 bits per heavy atom. The minimum absolute atomic E-state index is 0.310. The van der Waals surface area contributed by atoms with Crippen molar-refractivity contribution in [1.29, 1.82) is 0 Å². The van der Waals surface area contributed by atoms with Gasteiger partial charge in [0.1, 0.15) is 5.52 Å². The minimum atomic E-state index is -0.747. The molecule has 0 spiro atoms. The topological polar surface area (TPSA) is 113 Å². The molecule has 4 N–H and O–H groups in total. The number of fused-ring (bicyclic) bond motifs is 4. The number of anilines is 1. The number of hydrogen-bond donors (Lipinski definition) is 2. The number of rotatable bonds is 6. The van der Waals surface area contributed by atoms with Crippen LogP contribution < -0.4 is 11.5 Å². The molecule has 0 fully saturated rings. The molecule has 7 heteroatoms. The highest BCUT2D eigenvalue weighted by molar-refractivity contribution is 6.06. The van der Waals surface area contributed by atoms with Gasteiger partial charge in [0.05, 0.1) is 28.5 Å². The van der Waals surface area contributed by atoms with Crippen molar-refractivity contribution in [2.45, 2.75) is 37.6 Å². The molecule has 1 aliphatic rings. The monoisotopic (exact) mass is 412 g/mol. The summed E-state index contributed by atoms with van der Waals surface area (Å²) in [6, 6.07) is 11.8. The van der Waals surface area contributed by atoms with E-state index in [1.807, 2.05) is 54.9 Å². The summed E-state index contributed by atoms with van der Waals surface area (Å²) in [5.74, 6) is 0.131. The maximum Gasteiger partial charge on any atom is 0.230 e. The van der Waals surface area contributed by atoms with Crippen LogP contribution in [-0.4, -0.2) is 25.4 Å². The number of para-hydroxylation sites is 1. The lowest BCUT2D eigenvalue weighted by Crippen LogP contribution is -2.43. The predicted molar refractivity (Wildman–Crippen MR) is 122 cm³/mol. The van der Waals surface area contributed by atoms with E-state index in [2.05, 4.69) is 19.5 Å². The van der Waals surface area contributed by atoms with Crippen molar-refractivity contribution in [2.75, 3.05) is 5.73 Å². The summed E-state index contributed by atoms with van der Waals surface area (Å²) < 4.78 is 2.12. The second-order valence-electron chi connectivity index (χ2n) is 8.10. The molecule has 5 rings (SSSR count). The highest BCUT2D eigenvalue weighted by Crippen LogP contribution is 2.38. The average Bonchev–Trinajstić information content (AvgIpc) is 3.22. The third kappa shape index (κ3) is 3.13. The van der Waals surface area contributed by atoms with Gasteiger partial charge in [-0.2, -0.15) is 0 Å². The van der Waals surface area contributed by atoms with Gasteiger partial charge >= 0.3 is 0 Å². The fourth-order valence-electron chi connectivity index (χ4n) is 4.68. The molecular formula is C24H24N6O. The molecule has 4 aromatic rings. The SMILES string of the molecule is NC(=O)C1(CCCCn2cnc3c(N)nc4ccccc4c32)CC=Cc2cccnc21. The molecule has 1 aromatic carbocycles. The van der Waals surface area contributed by atoms with Crippen molar-refractivity contribution >= 4 is 39.7 Å². The number of benzene rings is 1. The fraction of sp³-hybridized carbons (Fsp3) is 0.250. The summed E-state index contributed by atoms with van der Waals surface area (Å²) >= 11 is 0. The number of aromatic nitrogens is 4. The molecule has 1 atom stereocenters. The van der Waals surface area contributed by atoms with E-state index in [9.17, 15) is 4.79 Å². The number of aryl methyl sites for hydroxylation is 1. The highest BCUT2D eigenvalue weighted by atomic mass is 16.1. The Morgan fingerprint density at radius 1 is 1.13 bits per heavy atom. The molecule has 0 radical (unpaired) electrons. The summed E-state index contributed by atoms with van der Waals surface area (Å²) in [5, 5.41) is 1.04. The van der Waals surface area contributed by atoms with Gasteiger partial charge in [0, 0.05) is 18.1 Å². The molecule has 1 unspecified atom stereocenters. The fourth-order valence-corrected chi connectivity index (χ4v) is 4.68. The van der Waals surface area contributed by atoms with Crippen LogP contribution in [0.4, 0.5) is 5.82 Å². The summed E-state index contributed by atoms with van der Waals surface area (Å²) in [5.41, 5.74) is 15.6. The zero-order chi connectivity index (χ0) is 21.4. The van der Waals surface area contributed by atoms with Gasteiger partial charge in [-0.3, -0.25) is 9.78 Å². The second kappa shape index (κ2) is 7.50. The average molecular weight is 412 g/mol. The van der Waals surface area contributed by atoms with Gasteiger partial charge < -0.3 is 16.0 Å². The zero-order valence-electron chi connectivity index (χ0n) is 17.2. The first-order valence-electron chi connectivity index (χ1n) is 10.5. The number of amides is 1. The zero-order valence-corrected chi connectivity index (χ0v) is 17.2. The van der Waals surface area contributed by atoms with E-state index in [0.29, 0.717) is 18.7 Å². The number of pyridine rings is 2. The van der Waals surface area contributed by atoms with Crippen molar-refractivity contribution in [1.82, 2.24) is 19.5 Å². The number of hydrogen-bond acceptors (Lipinski definition) is 5. The molecule has 3 heterocycles. The number of allylic oxidation sites excluding steroid dienone is 1. The van der Waals surface area contributed by atoms with Gasteiger partial charge in [-0.25, -0.2) is 9.97 Å². The Balaban J connectivity index is 1.38. The second-order valence-corrected chi connectivity index (χ2v) is 8.10. The first kappa shape index (κ1) is 19.2. The van der Waals surface area contributed by atoms with Crippen LogP contribution in [0.25, 0.3) is 28.0 Å². The van der Waals surface area contributed by atoms with E-state index < -0.39 is 5.41 Å². The van der Waals surface area contributed by atoms with Crippen LogP contribution in [0.15, 0.2) is 55.0 Å². The Bertz CT molecular complexity index is 1320. The third-order valence-electron chi connectivity index (χ3n) is 6.26. The van der Waals surface area contributed by atoms with Crippen molar-refractivity contribution in [3.63, 3.8) is 0 Å². The Hall–Kier alpha value is -3.74. The van der Waals surface area contributed by atoms with Crippen molar-refractivity contribution in [3.8, 4) is 0 Å². The molecule has 7 nitrogen and oxygen atoms in total. The molecule has 0 bridgehead atoms. The molecule has 1 aliphatic carbocycles. The lowest BCUT2D eigenvalue weighted by atomic mass is 9.72. The van der Waals surface area contributed by atoms with E-state index in [4.69, 9.17) is 11.5 Å². The molecule has 3 aromatic heterocycles. The van der Waals surface area contributed by atoms with Gasteiger partial charge in [0.25, 0.3) is 0 Å². The van der Waals surface area contributed by atoms with Crippen LogP contribution in [-0.2, 0) is 16.8 Å². The van der Waals surface area contributed by atoms with Gasteiger partial charge in [-0.15, -0.1) is 0 Å². The largest absolute Gasteiger partial charge is 0.382 e. The molecule has 156 valence electrons. The van der Waals surface area contributed by atoms with E-state index in [-0.39, 0.29) is 5.91 Å². The first-order valence-corrected chi connectivity index (χ1v) is 10.5. The normalized spacial score (nSPS) is 17.8. The highest BCUT2D eigenvalue weighted by Gasteiger charge is 2.41. The third-order valence-corrected chi connectivity index (χ3v) is 6.26. The van der Waals surface area contributed by atoms with Gasteiger partial charge in [-0.1, -0.05) is 42.8 Å². The van der Waals surface area contributed by atoms with Crippen LogP contribution in [0.5, 0.6) is 0 Å². The molecule has 0 aliphatic heterocycles. The van der Waals surface area contributed by atoms with Crippen LogP contribution in [0, 0.1) is 0 Å². The lowest BCUT2D eigenvalue weighted by Gasteiger charge is -2.32. The van der Waals surface area contributed by atoms with E-state index >= 15 is 0 Å². The summed E-state index contributed by atoms with van der Waals surface area (Å²) in [7, 11) is 0.